The number of carbonyl (C=O) groups excluding carboxylic acids is 1. The first-order chi connectivity index (χ1) is 18.3. The van der Waals surface area contributed by atoms with E-state index in [9.17, 15) is 22.0 Å². The van der Waals surface area contributed by atoms with Crippen LogP contribution in [0.15, 0.2) is 42.5 Å². The minimum Gasteiger partial charge on any atom is -0.369 e. The highest BCUT2D eigenvalue weighted by Gasteiger charge is 2.39. The van der Waals surface area contributed by atoms with Gasteiger partial charge in [-0.2, -0.15) is 0 Å². The van der Waals surface area contributed by atoms with Gasteiger partial charge in [-0.1, -0.05) is 49.6 Å². The lowest BCUT2D eigenvalue weighted by molar-refractivity contribution is -0.127. The molecule has 1 saturated heterocycles. The van der Waals surface area contributed by atoms with Crippen LogP contribution in [0.1, 0.15) is 68.5 Å². The fourth-order valence-electron chi connectivity index (χ4n) is 5.90. The molecule has 38 heavy (non-hydrogen) atoms. The van der Waals surface area contributed by atoms with E-state index in [1.54, 1.807) is 4.57 Å². The molecule has 204 valence electrons. The summed E-state index contributed by atoms with van der Waals surface area (Å²) in [6.45, 7) is 0. The van der Waals surface area contributed by atoms with Gasteiger partial charge >= 0.3 is 0 Å². The zero-order valence-corrected chi connectivity index (χ0v) is 22.2. The van der Waals surface area contributed by atoms with E-state index in [2.05, 4.69) is 10.3 Å². The maximum atomic E-state index is 14.6. The first-order valence-electron chi connectivity index (χ1n) is 13.2. The molecular formula is C28H33F2N3O4S. The topological polar surface area (TPSA) is 90.3 Å². The van der Waals surface area contributed by atoms with Crippen molar-refractivity contribution in [1.29, 1.82) is 0 Å². The summed E-state index contributed by atoms with van der Waals surface area (Å²) in [6.07, 6.45) is 4.80. The third kappa shape index (κ3) is 5.47. The van der Waals surface area contributed by atoms with Crippen molar-refractivity contribution in [2.45, 2.75) is 63.1 Å². The lowest BCUT2D eigenvalue weighted by Gasteiger charge is -2.34. The molecule has 2 fully saturated rings. The highest BCUT2D eigenvalue weighted by molar-refractivity contribution is 7.91. The summed E-state index contributed by atoms with van der Waals surface area (Å²) in [6, 6.07) is 10.6. The Morgan fingerprint density at radius 1 is 1.03 bits per heavy atom. The van der Waals surface area contributed by atoms with Crippen LogP contribution in [0.5, 0.6) is 0 Å². The summed E-state index contributed by atoms with van der Waals surface area (Å²) >= 11 is 0. The predicted molar refractivity (Wildman–Crippen MR) is 140 cm³/mol. The molecule has 5 rings (SSSR count). The number of amides is 1. The quantitative estimate of drug-likeness (QED) is 0.458. The smallest absolute Gasteiger partial charge is 0.243 e. The molecule has 10 heteroatoms. The Morgan fingerprint density at radius 2 is 1.68 bits per heavy atom. The number of carbonyl (C=O) groups is 1. The van der Waals surface area contributed by atoms with Crippen molar-refractivity contribution in [1.82, 2.24) is 14.9 Å². The molecule has 7 nitrogen and oxygen atoms in total. The molecule has 1 N–H and O–H groups in total. The van der Waals surface area contributed by atoms with Gasteiger partial charge in [-0.15, -0.1) is 0 Å². The van der Waals surface area contributed by atoms with Crippen molar-refractivity contribution < 1.29 is 26.7 Å². The standard InChI is InChI=1S/C28H33F2N3O4S/c1-37-26(19-8-4-2-5-9-19)27-32-23-16-21(29)22(30)17-24(23)33(27)25(18-12-14-38(35,36)15-13-18)28(34)31-20-10-6-3-7-11-20/h2,4-5,8-9,16-18,20,25-26H,3,6-7,10-15H2,1H3,(H,31,34)/t25?,26-/m1/s1. The molecule has 2 aromatic carbocycles. The lowest BCUT2D eigenvalue weighted by Crippen LogP contribution is -2.45. The van der Waals surface area contributed by atoms with Gasteiger partial charge in [0, 0.05) is 25.3 Å². The van der Waals surface area contributed by atoms with Crippen LogP contribution < -0.4 is 5.32 Å². The van der Waals surface area contributed by atoms with Crippen molar-refractivity contribution in [3.63, 3.8) is 0 Å². The second-order valence-electron chi connectivity index (χ2n) is 10.4. The average molecular weight is 546 g/mol. The van der Waals surface area contributed by atoms with Crippen molar-refractivity contribution in [2.75, 3.05) is 18.6 Å². The number of methoxy groups -OCH3 is 1. The zero-order valence-electron chi connectivity index (χ0n) is 21.4. The number of halogens is 2. The second kappa shape index (κ2) is 11.1. The summed E-state index contributed by atoms with van der Waals surface area (Å²) in [5.41, 5.74) is 1.25. The number of ether oxygens (including phenoxy) is 1. The van der Waals surface area contributed by atoms with E-state index < -0.39 is 33.6 Å². The molecule has 2 aliphatic rings. The number of nitrogens with zero attached hydrogens (tertiary/aromatic N) is 2. The van der Waals surface area contributed by atoms with Crippen LogP contribution in [0, 0.1) is 17.6 Å². The number of rotatable bonds is 7. The number of benzene rings is 2. The van der Waals surface area contributed by atoms with Gasteiger partial charge in [0.1, 0.15) is 27.8 Å². The molecule has 2 heterocycles. The molecule has 0 radical (unpaired) electrons. The first kappa shape index (κ1) is 26.7. The van der Waals surface area contributed by atoms with Crippen LogP contribution in [0.25, 0.3) is 11.0 Å². The molecule has 1 aromatic heterocycles. The van der Waals surface area contributed by atoms with Gasteiger partial charge in [0.05, 0.1) is 22.5 Å². The van der Waals surface area contributed by atoms with Crippen molar-refractivity contribution >= 4 is 26.8 Å². The predicted octanol–water partition coefficient (Wildman–Crippen LogP) is 4.87. The minimum atomic E-state index is -3.19. The molecule has 1 aliphatic heterocycles. The van der Waals surface area contributed by atoms with Gasteiger partial charge < -0.3 is 14.6 Å². The van der Waals surface area contributed by atoms with Gasteiger partial charge in [-0.3, -0.25) is 4.79 Å². The van der Waals surface area contributed by atoms with E-state index in [1.807, 2.05) is 30.3 Å². The van der Waals surface area contributed by atoms with Crippen LogP contribution in [-0.4, -0.2) is 48.5 Å². The summed E-state index contributed by atoms with van der Waals surface area (Å²) in [5, 5.41) is 3.19. The molecule has 3 aromatic rings. The SMILES string of the molecule is CO[C@H](c1ccccc1)c1nc2cc(F)c(F)cc2n1C(C(=O)NC1CCCCC1)C1CCS(=O)(=O)CC1. The molecule has 1 saturated carbocycles. The van der Waals surface area contributed by atoms with E-state index in [1.165, 1.54) is 7.11 Å². The Balaban J connectivity index is 1.67. The number of sulfone groups is 1. The van der Waals surface area contributed by atoms with Crippen LogP contribution in [0.3, 0.4) is 0 Å². The average Bonchev–Trinajstić information content (AvgIpc) is 3.24. The Morgan fingerprint density at radius 3 is 2.34 bits per heavy atom. The van der Waals surface area contributed by atoms with Crippen molar-refractivity contribution in [3.05, 3.63) is 65.5 Å². The number of aromatic nitrogens is 2. The zero-order chi connectivity index (χ0) is 26.9. The van der Waals surface area contributed by atoms with E-state index in [0.29, 0.717) is 5.82 Å². The summed E-state index contributed by atoms with van der Waals surface area (Å²) in [5.74, 6) is -2.37. The number of hydrogen-bond donors (Lipinski definition) is 1. The van der Waals surface area contributed by atoms with Crippen molar-refractivity contribution in [3.8, 4) is 0 Å². The molecule has 1 unspecified atom stereocenters. The molecule has 0 spiro atoms. The van der Waals surface area contributed by atoms with Crippen LogP contribution in [0.2, 0.25) is 0 Å². The molecule has 1 aliphatic carbocycles. The number of hydrogen-bond acceptors (Lipinski definition) is 5. The van der Waals surface area contributed by atoms with Gasteiger partial charge in [-0.05, 0) is 37.2 Å². The third-order valence-corrected chi connectivity index (χ3v) is 9.59. The fraction of sp³-hybridized carbons (Fsp3) is 0.500. The highest BCUT2D eigenvalue weighted by Crippen LogP contribution is 2.38. The van der Waals surface area contributed by atoms with E-state index in [4.69, 9.17) is 4.74 Å². The molecule has 2 atom stereocenters. The van der Waals surface area contributed by atoms with Crippen LogP contribution in [0.4, 0.5) is 8.78 Å². The number of nitrogens with one attached hydrogen (secondary N) is 1. The van der Waals surface area contributed by atoms with Gasteiger partial charge in [0.25, 0.3) is 0 Å². The summed E-state index contributed by atoms with van der Waals surface area (Å²) < 4.78 is 60.9. The maximum absolute atomic E-state index is 14.6. The van der Waals surface area contributed by atoms with E-state index in [0.717, 1.165) is 49.8 Å². The largest absolute Gasteiger partial charge is 0.369 e. The number of imidazole rings is 1. The highest BCUT2D eigenvalue weighted by atomic mass is 32.2. The normalized spacial score (nSPS) is 20.3. The van der Waals surface area contributed by atoms with Crippen LogP contribution >= 0.6 is 0 Å². The maximum Gasteiger partial charge on any atom is 0.243 e. The lowest BCUT2D eigenvalue weighted by atomic mass is 9.90. The van der Waals surface area contributed by atoms with Crippen LogP contribution in [-0.2, 0) is 19.4 Å². The first-order valence-corrected chi connectivity index (χ1v) is 15.0. The monoisotopic (exact) mass is 545 g/mol. The summed E-state index contributed by atoms with van der Waals surface area (Å²) in [4.78, 5) is 18.7. The molecule has 1 amide bonds. The third-order valence-electron chi connectivity index (χ3n) is 7.88. The summed E-state index contributed by atoms with van der Waals surface area (Å²) in [7, 11) is -1.67. The van der Waals surface area contributed by atoms with Crippen molar-refractivity contribution in [2.24, 2.45) is 5.92 Å². The van der Waals surface area contributed by atoms with E-state index >= 15 is 0 Å². The fourth-order valence-corrected chi connectivity index (χ4v) is 7.43. The Kier molecular flexibility index (Phi) is 7.81. The molecule has 0 bridgehead atoms. The Bertz CT molecular complexity index is 1390. The Hall–Kier alpha value is -2.85. The van der Waals surface area contributed by atoms with Gasteiger partial charge in [-0.25, -0.2) is 22.2 Å². The van der Waals surface area contributed by atoms with E-state index in [-0.39, 0.29) is 53.2 Å². The number of fused-ring (bicyclic) bond motifs is 1. The van der Waals surface area contributed by atoms with Gasteiger partial charge in [0.2, 0.25) is 5.91 Å². The Labute approximate surface area is 221 Å². The molecular weight excluding hydrogens is 512 g/mol. The minimum absolute atomic E-state index is 0.0193. The second-order valence-corrected chi connectivity index (χ2v) is 12.7. The van der Waals surface area contributed by atoms with Gasteiger partial charge in [0.15, 0.2) is 11.6 Å².